The SMILES string of the molecule is Cc1ccc(C(=O)N(C)C[C@@H]2CCn3ccnc3C2)n1C. The van der Waals surface area contributed by atoms with E-state index in [-0.39, 0.29) is 5.91 Å². The lowest BCUT2D eigenvalue weighted by molar-refractivity contribution is 0.0754. The maximum absolute atomic E-state index is 12.5. The highest BCUT2D eigenvalue weighted by atomic mass is 16.2. The van der Waals surface area contributed by atoms with Crippen LogP contribution in [0, 0.1) is 12.8 Å². The fraction of sp³-hybridized carbons (Fsp3) is 0.500. The summed E-state index contributed by atoms with van der Waals surface area (Å²) in [6.45, 7) is 3.80. The average molecular weight is 286 g/mol. The van der Waals surface area contributed by atoms with Crippen LogP contribution in [0.4, 0.5) is 0 Å². The summed E-state index contributed by atoms with van der Waals surface area (Å²) in [5.74, 6) is 1.73. The third-order valence-corrected chi connectivity index (χ3v) is 4.52. The Balaban J connectivity index is 1.66. The number of hydrogen-bond acceptors (Lipinski definition) is 2. The number of hydrogen-bond donors (Lipinski definition) is 0. The Morgan fingerprint density at radius 2 is 2.29 bits per heavy atom. The van der Waals surface area contributed by atoms with Crippen LogP contribution < -0.4 is 0 Å². The number of amides is 1. The van der Waals surface area contributed by atoms with E-state index in [9.17, 15) is 4.79 Å². The van der Waals surface area contributed by atoms with Gasteiger partial charge in [-0.25, -0.2) is 4.98 Å². The summed E-state index contributed by atoms with van der Waals surface area (Å²) in [6, 6.07) is 3.89. The Hall–Kier alpha value is -2.04. The van der Waals surface area contributed by atoms with E-state index in [2.05, 4.69) is 9.55 Å². The molecule has 1 aliphatic rings. The van der Waals surface area contributed by atoms with Crippen molar-refractivity contribution in [3.8, 4) is 0 Å². The highest BCUT2D eigenvalue weighted by Crippen LogP contribution is 2.20. The molecular weight excluding hydrogens is 264 g/mol. The second-order valence-electron chi connectivity index (χ2n) is 6.00. The molecule has 3 rings (SSSR count). The van der Waals surface area contributed by atoms with E-state index in [1.807, 2.05) is 55.0 Å². The molecule has 1 atom stereocenters. The Kier molecular flexibility index (Phi) is 3.57. The minimum atomic E-state index is 0.0968. The van der Waals surface area contributed by atoms with Gasteiger partial charge in [0.05, 0.1) is 0 Å². The fourth-order valence-corrected chi connectivity index (χ4v) is 3.06. The van der Waals surface area contributed by atoms with Crippen molar-refractivity contribution in [2.24, 2.45) is 13.0 Å². The van der Waals surface area contributed by atoms with E-state index < -0.39 is 0 Å². The Bertz CT molecular complexity index is 655. The molecule has 0 unspecified atom stereocenters. The van der Waals surface area contributed by atoms with Crippen molar-refractivity contribution in [1.29, 1.82) is 0 Å². The van der Waals surface area contributed by atoms with Gasteiger partial charge >= 0.3 is 0 Å². The lowest BCUT2D eigenvalue weighted by atomic mass is 9.97. The van der Waals surface area contributed by atoms with Crippen LogP contribution in [0.5, 0.6) is 0 Å². The number of carbonyl (C=O) groups is 1. The Labute approximate surface area is 125 Å². The smallest absolute Gasteiger partial charge is 0.270 e. The molecule has 21 heavy (non-hydrogen) atoms. The topological polar surface area (TPSA) is 43.1 Å². The summed E-state index contributed by atoms with van der Waals surface area (Å²) in [5.41, 5.74) is 1.86. The third-order valence-electron chi connectivity index (χ3n) is 4.52. The van der Waals surface area contributed by atoms with Crippen molar-refractivity contribution in [1.82, 2.24) is 19.0 Å². The van der Waals surface area contributed by atoms with E-state index in [0.717, 1.165) is 43.1 Å². The summed E-state index contributed by atoms with van der Waals surface area (Å²) in [5, 5.41) is 0. The maximum atomic E-state index is 12.5. The molecule has 0 bridgehead atoms. The molecule has 0 spiro atoms. The molecule has 2 aromatic rings. The number of nitrogens with zero attached hydrogens (tertiary/aromatic N) is 4. The molecule has 0 radical (unpaired) electrons. The van der Waals surface area contributed by atoms with Crippen LogP contribution in [0.1, 0.15) is 28.4 Å². The standard InChI is InChI=1S/C16H22N4O/c1-12-4-5-14(19(12)3)16(21)18(2)11-13-6-8-20-9-7-17-15(20)10-13/h4-5,7,9,13H,6,8,10-11H2,1-3H3/t13-/m1/s1. The minimum absolute atomic E-state index is 0.0968. The molecule has 0 saturated carbocycles. The van der Waals surface area contributed by atoms with Gasteiger partial charge in [0.2, 0.25) is 0 Å². The van der Waals surface area contributed by atoms with Gasteiger partial charge < -0.3 is 14.0 Å². The Morgan fingerprint density at radius 3 is 3.00 bits per heavy atom. The van der Waals surface area contributed by atoms with Crippen molar-refractivity contribution < 1.29 is 4.79 Å². The zero-order valence-electron chi connectivity index (χ0n) is 12.9. The van der Waals surface area contributed by atoms with Crippen molar-refractivity contribution in [3.63, 3.8) is 0 Å². The highest BCUT2D eigenvalue weighted by molar-refractivity contribution is 5.92. The summed E-state index contributed by atoms with van der Waals surface area (Å²) in [7, 11) is 3.83. The van der Waals surface area contributed by atoms with E-state index in [1.165, 1.54) is 0 Å². The van der Waals surface area contributed by atoms with Gasteiger partial charge in [0.25, 0.3) is 5.91 Å². The maximum Gasteiger partial charge on any atom is 0.270 e. The zero-order valence-corrected chi connectivity index (χ0v) is 12.9. The van der Waals surface area contributed by atoms with Crippen LogP contribution in [0.3, 0.4) is 0 Å². The summed E-state index contributed by atoms with van der Waals surface area (Å²) < 4.78 is 4.16. The van der Waals surface area contributed by atoms with Crippen LogP contribution in [-0.2, 0) is 20.0 Å². The van der Waals surface area contributed by atoms with Gasteiger partial charge in [0.15, 0.2) is 0 Å². The first-order chi connectivity index (χ1) is 10.1. The molecule has 0 N–H and O–H groups in total. The first-order valence-corrected chi connectivity index (χ1v) is 7.44. The first kappa shape index (κ1) is 13.9. The van der Waals surface area contributed by atoms with Gasteiger partial charge in [-0.15, -0.1) is 0 Å². The van der Waals surface area contributed by atoms with Crippen LogP contribution in [-0.4, -0.2) is 38.5 Å². The van der Waals surface area contributed by atoms with Gasteiger partial charge in [-0.05, 0) is 31.4 Å². The number of imidazole rings is 1. The normalized spacial score (nSPS) is 17.6. The molecule has 0 aromatic carbocycles. The summed E-state index contributed by atoms with van der Waals surface area (Å²) in [4.78, 5) is 18.8. The quantitative estimate of drug-likeness (QED) is 0.864. The molecule has 0 saturated heterocycles. The second-order valence-corrected chi connectivity index (χ2v) is 6.00. The van der Waals surface area contributed by atoms with Crippen molar-refractivity contribution in [3.05, 3.63) is 41.7 Å². The molecular formula is C16H22N4O. The van der Waals surface area contributed by atoms with E-state index in [1.54, 1.807) is 0 Å². The van der Waals surface area contributed by atoms with Crippen LogP contribution in [0.15, 0.2) is 24.5 Å². The molecule has 5 nitrogen and oxygen atoms in total. The van der Waals surface area contributed by atoms with E-state index in [4.69, 9.17) is 0 Å². The number of carbonyl (C=O) groups excluding carboxylic acids is 1. The lowest BCUT2D eigenvalue weighted by Crippen LogP contribution is -2.35. The number of fused-ring (bicyclic) bond motifs is 1. The molecule has 0 fully saturated rings. The van der Waals surface area contributed by atoms with Gasteiger partial charge in [0, 0.05) is 51.7 Å². The molecule has 2 aromatic heterocycles. The van der Waals surface area contributed by atoms with Crippen molar-refractivity contribution in [2.45, 2.75) is 26.3 Å². The number of aromatic nitrogens is 3. The zero-order chi connectivity index (χ0) is 15.0. The van der Waals surface area contributed by atoms with Gasteiger partial charge in [0.1, 0.15) is 11.5 Å². The van der Waals surface area contributed by atoms with E-state index >= 15 is 0 Å². The molecule has 1 amide bonds. The molecule has 1 aliphatic heterocycles. The first-order valence-electron chi connectivity index (χ1n) is 7.44. The summed E-state index contributed by atoms with van der Waals surface area (Å²) in [6.07, 6.45) is 5.95. The van der Waals surface area contributed by atoms with Gasteiger partial charge in [-0.1, -0.05) is 0 Å². The molecule has 112 valence electrons. The van der Waals surface area contributed by atoms with Crippen LogP contribution in [0.2, 0.25) is 0 Å². The average Bonchev–Trinajstić information content (AvgIpc) is 3.05. The molecule has 5 heteroatoms. The van der Waals surface area contributed by atoms with Crippen LogP contribution in [0.25, 0.3) is 0 Å². The number of aryl methyl sites for hydroxylation is 2. The number of rotatable bonds is 3. The lowest BCUT2D eigenvalue weighted by Gasteiger charge is -2.28. The van der Waals surface area contributed by atoms with Crippen molar-refractivity contribution >= 4 is 5.91 Å². The minimum Gasteiger partial charge on any atom is -0.344 e. The fourth-order valence-electron chi connectivity index (χ4n) is 3.06. The third kappa shape index (κ3) is 2.60. The van der Waals surface area contributed by atoms with Crippen molar-refractivity contribution in [2.75, 3.05) is 13.6 Å². The monoisotopic (exact) mass is 286 g/mol. The highest BCUT2D eigenvalue weighted by Gasteiger charge is 2.23. The second kappa shape index (κ2) is 5.39. The van der Waals surface area contributed by atoms with Crippen LogP contribution >= 0.6 is 0 Å². The Morgan fingerprint density at radius 1 is 1.48 bits per heavy atom. The summed E-state index contributed by atoms with van der Waals surface area (Å²) >= 11 is 0. The largest absolute Gasteiger partial charge is 0.344 e. The predicted octanol–water partition coefficient (Wildman–Crippen LogP) is 1.86. The molecule has 3 heterocycles. The van der Waals surface area contributed by atoms with Gasteiger partial charge in [-0.3, -0.25) is 4.79 Å². The van der Waals surface area contributed by atoms with E-state index in [0.29, 0.717) is 5.92 Å². The van der Waals surface area contributed by atoms with Gasteiger partial charge in [-0.2, -0.15) is 0 Å². The predicted molar refractivity (Wildman–Crippen MR) is 81.1 cm³/mol. The molecule has 0 aliphatic carbocycles.